The molecular weight excluding hydrogens is 378 g/mol. The first kappa shape index (κ1) is 18.9. The maximum absolute atomic E-state index is 13.0. The quantitative estimate of drug-likeness (QED) is 0.836. The fourth-order valence-electron chi connectivity index (χ4n) is 3.19. The number of rotatable bonds is 5. The summed E-state index contributed by atoms with van der Waals surface area (Å²) in [7, 11) is -3.85. The number of carbonyl (C=O) groups is 1. The molecule has 0 bridgehead atoms. The molecule has 1 aliphatic heterocycles. The lowest BCUT2D eigenvalue weighted by molar-refractivity contribution is -0.124. The highest BCUT2D eigenvalue weighted by molar-refractivity contribution is 7.89. The number of hydrogen-bond donors (Lipinski definition) is 1. The zero-order chi connectivity index (χ0) is 18.9. The van der Waals surface area contributed by atoms with Crippen molar-refractivity contribution < 1.29 is 17.7 Å². The number of benzene rings is 1. The Bertz CT molecular complexity index is 906. The van der Waals surface area contributed by atoms with E-state index < -0.39 is 16.1 Å². The second-order valence-corrected chi connectivity index (χ2v) is 8.47. The van der Waals surface area contributed by atoms with Gasteiger partial charge in [0.25, 0.3) is 0 Å². The Morgan fingerprint density at radius 2 is 2.12 bits per heavy atom. The van der Waals surface area contributed by atoms with Gasteiger partial charge in [-0.15, -0.1) is 0 Å². The molecule has 140 valence electrons. The van der Waals surface area contributed by atoms with Gasteiger partial charge in [-0.05, 0) is 38.3 Å². The molecule has 0 saturated carbocycles. The van der Waals surface area contributed by atoms with Gasteiger partial charge in [-0.2, -0.15) is 4.31 Å². The molecule has 1 atom stereocenters. The minimum absolute atomic E-state index is 0.0447. The first-order valence-electron chi connectivity index (χ1n) is 8.28. The van der Waals surface area contributed by atoms with Crippen LogP contribution in [-0.4, -0.2) is 36.4 Å². The van der Waals surface area contributed by atoms with Crippen LogP contribution in [-0.2, 0) is 21.4 Å². The van der Waals surface area contributed by atoms with Gasteiger partial charge in [0.05, 0.1) is 0 Å². The third kappa shape index (κ3) is 3.49. The molecule has 1 aromatic carbocycles. The number of sulfonamides is 1. The number of carbonyl (C=O) groups excluding carboxylic acids is 1. The molecular formula is C17H20ClN3O4S. The van der Waals surface area contributed by atoms with Gasteiger partial charge in [-0.25, -0.2) is 8.42 Å². The molecule has 3 rings (SSSR count). The lowest BCUT2D eigenvalue weighted by atomic mass is 10.2. The first-order valence-corrected chi connectivity index (χ1v) is 10.1. The zero-order valence-electron chi connectivity index (χ0n) is 14.5. The Kier molecular flexibility index (Phi) is 5.36. The smallest absolute Gasteiger partial charge is 0.249 e. The van der Waals surface area contributed by atoms with Crippen LogP contribution < -0.4 is 5.32 Å². The molecule has 0 radical (unpaired) electrons. The lowest BCUT2D eigenvalue weighted by Gasteiger charge is -2.23. The third-order valence-corrected chi connectivity index (χ3v) is 6.97. The summed E-state index contributed by atoms with van der Waals surface area (Å²) in [5.74, 6) is -0.109. The van der Waals surface area contributed by atoms with E-state index in [1.807, 2.05) is 18.2 Å². The van der Waals surface area contributed by atoms with E-state index in [2.05, 4.69) is 10.5 Å². The Morgan fingerprint density at radius 1 is 1.38 bits per heavy atom. The number of nitrogens with zero attached hydrogens (tertiary/aromatic N) is 2. The van der Waals surface area contributed by atoms with Gasteiger partial charge in [0.1, 0.15) is 16.6 Å². The SMILES string of the molecule is Cc1noc(C)c1S(=O)(=O)N1CCC[C@@H]1C(=O)NCc1ccccc1Cl. The third-order valence-electron chi connectivity index (χ3n) is 4.45. The van der Waals surface area contributed by atoms with Crippen molar-refractivity contribution in [1.82, 2.24) is 14.8 Å². The molecule has 1 aromatic heterocycles. The summed E-state index contributed by atoms with van der Waals surface area (Å²) in [6, 6.07) is 6.44. The summed E-state index contributed by atoms with van der Waals surface area (Å²) >= 11 is 6.10. The topological polar surface area (TPSA) is 92.5 Å². The Morgan fingerprint density at radius 3 is 2.77 bits per heavy atom. The fraction of sp³-hybridized carbons (Fsp3) is 0.412. The number of nitrogens with one attached hydrogen (secondary N) is 1. The lowest BCUT2D eigenvalue weighted by Crippen LogP contribution is -2.45. The van der Waals surface area contributed by atoms with Gasteiger partial charge in [0, 0.05) is 18.1 Å². The minimum atomic E-state index is -3.85. The molecule has 2 aromatic rings. The van der Waals surface area contributed by atoms with Gasteiger partial charge in [-0.3, -0.25) is 4.79 Å². The number of halogens is 1. The predicted octanol–water partition coefficient (Wildman–Crippen LogP) is 2.41. The monoisotopic (exact) mass is 397 g/mol. The zero-order valence-corrected chi connectivity index (χ0v) is 16.1. The van der Waals surface area contributed by atoms with E-state index in [0.29, 0.717) is 23.6 Å². The maximum Gasteiger partial charge on any atom is 0.249 e. The van der Waals surface area contributed by atoms with E-state index >= 15 is 0 Å². The average Bonchev–Trinajstić information content (AvgIpc) is 3.21. The van der Waals surface area contributed by atoms with Crippen molar-refractivity contribution >= 4 is 27.5 Å². The molecule has 7 nitrogen and oxygen atoms in total. The van der Waals surface area contributed by atoms with Crippen LogP contribution >= 0.6 is 11.6 Å². The number of aromatic nitrogens is 1. The summed E-state index contributed by atoms with van der Waals surface area (Å²) < 4.78 is 32.2. The van der Waals surface area contributed by atoms with Crippen molar-refractivity contribution in [3.63, 3.8) is 0 Å². The summed E-state index contributed by atoms with van der Waals surface area (Å²) in [5.41, 5.74) is 1.07. The second kappa shape index (κ2) is 7.38. The fourth-order valence-corrected chi connectivity index (χ4v) is 5.35. The molecule has 0 spiro atoms. The van der Waals surface area contributed by atoms with Crippen molar-refractivity contribution in [3.8, 4) is 0 Å². The summed E-state index contributed by atoms with van der Waals surface area (Å²) in [5, 5.41) is 7.06. The standard InChI is InChI=1S/C17H20ClN3O4S/c1-11-16(12(2)25-20-11)26(23,24)21-9-5-8-15(21)17(22)19-10-13-6-3-4-7-14(13)18/h3-4,6-7,15H,5,8-10H2,1-2H3,(H,19,22)/t15-/m1/s1. The van der Waals surface area contributed by atoms with Gasteiger partial charge < -0.3 is 9.84 Å². The predicted molar refractivity (Wildman–Crippen MR) is 96.2 cm³/mol. The van der Waals surface area contributed by atoms with Crippen molar-refractivity contribution in [3.05, 3.63) is 46.3 Å². The highest BCUT2D eigenvalue weighted by atomic mass is 35.5. The van der Waals surface area contributed by atoms with E-state index in [-0.39, 0.29) is 29.7 Å². The van der Waals surface area contributed by atoms with Crippen molar-refractivity contribution in [1.29, 1.82) is 0 Å². The summed E-state index contributed by atoms with van der Waals surface area (Å²) in [6.07, 6.45) is 1.09. The van der Waals surface area contributed by atoms with Crippen LogP contribution in [0.4, 0.5) is 0 Å². The van der Waals surface area contributed by atoms with Gasteiger partial charge in [0.15, 0.2) is 5.76 Å². The van der Waals surface area contributed by atoms with Crippen LogP contribution in [0.25, 0.3) is 0 Å². The van der Waals surface area contributed by atoms with Crippen molar-refractivity contribution in [2.24, 2.45) is 0 Å². The normalized spacial score (nSPS) is 18.2. The molecule has 1 amide bonds. The van der Waals surface area contributed by atoms with Gasteiger partial charge >= 0.3 is 0 Å². The summed E-state index contributed by atoms with van der Waals surface area (Å²) in [4.78, 5) is 12.7. The van der Waals surface area contributed by atoms with E-state index in [1.54, 1.807) is 19.9 Å². The summed E-state index contributed by atoms with van der Waals surface area (Å²) in [6.45, 7) is 3.66. The minimum Gasteiger partial charge on any atom is -0.360 e. The number of aryl methyl sites for hydroxylation is 2. The Balaban J connectivity index is 1.77. The van der Waals surface area contributed by atoms with Crippen molar-refractivity contribution in [2.45, 2.75) is 44.2 Å². The van der Waals surface area contributed by atoms with E-state index in [4.69, 9.17) is 16.1 Å². The van der Waals surface area contributed by atoms with Crippen LogP contribution in [0.15, 0.2) is 33.7 Å². The average molecular weight is 398 g/mol. The molecule has 1 aliphatic rings. The van der Waals surface area contributed by atoms with Gasteiger partial charge in [-0.1, -0.05) is 35.0 Å². The van der Waals surface area contributed by atoms with Crippen LogP contribution in [0.1, 0.15) is 29.9 Å². The molecule has 26 heavy (non-hydrogen) atoms. The molecule has 0 unspecified atom stereocenters. The number of hydrogen-bond acceptors (Lipinski definition) is 5. The molecule has 1 saturated heterocycles. The molecule has 2 heterocycles. The van der Waals surface area contributed by atoms with E-state index in [1.165, 1.54) is 4.31 Å². The van der Waals surface area contributed by atoms with Crippen LogP contribution in [0.2, 0.25) is 5.02 Å². The first-order chi connectivity index (χ1) is 12.3. The van der Waals surface area contributed by atoms with Crippen LogP contribution in [0.5, 0.6) is 0 Å². The molecule has 9 heteroatoms. The Hall–Kier alpha value is -1.90. The van der Waals surface area contributed by atoms with Crippen molar-refractivity contribution in [2.75, 3.05) is 6.54 Å². The van der Waals surface area contributed by atoms with Crippen LogP contribution in [0, 0.1) is 13.8 Å². The maximum atomic E-state index is 13.0. The number of amides is 1. The van der Waals surface area contributed by atoms with Gasteiger partial charge in [0.2, 0.25) is 15.9 Å². The van der Waals surface area contributed by atoms with Crippen LogP contribution in [0.3, 0.4) is 0 Å². The molecule has 1 N–H and O–H groups in total. The highest BCUT2D eigenvalue weighted by Gasteiger charge is 2.41. The Labute approximate surface area is 157 Å². The largest absolute Gasteiger partial charge is 0.360 e. The highest BCUT2D eigenvalue weighted by Crippen LogP contribution is 2.29. The molecule has 1 fully saturated rings. The van der Waals surface area contributed by atoms with E-state index in [0.717, 1.165) is 5.56 Å². The second-order valence-electron chi connectivity index (χ2n) is 6.24. The van der Waals surface area contributed by atoms with E-state index in [9.17, 15) is 13.2 Å². The molecule has 0 aliphatic carbocycles.